The molecule has 0 aromatic carbocycles. The summed E-state index contributed by atoms with van der Waals surface area (Å²) in [5.74, 6) is 1.08. The topological polar surface area (TPSA) is 70.1 Å². The summed E-state index contributed by atoms with van der Waals surface area (Å²) >= 11 is 0. The number of nitrogens with zero attached hydrogens (tertiary/aromatic N) is 5. The number of imidazole rings is 1. The van der Waals surface area contributed by atoms with Crippen LogP contribution >= 0.6 is 0 Å². The van der Waals surface area contributed by atoms with Crippen LogP contribution in [0.4, 0.5) is 0 Å². The van der Waals surface area contributed by atoms with Crippen LogP contribution in [0.3, 0.4) is 0 Å². The summed E-state index contributed by atoms with van der Waals surface area (Å²) in [4.78, 5) is 21.8. The molecule has 2 aromatic rings. The predicted octanol–water partition coefficient (Wildman–Crippen LogP) is 1.61. The van der Waals surface area contributed by atoms with Gasteiger partial charge in [0.15, 0.2) is 0 Å². The lowest BCUT2D eigenvalue weighted by Gasteiger charge is -2.40. The second kappa shape index (κ2) is 7.17. The number of nitrogens with one attached hydrogen (secondary N) is 1. The van der Waals surface area contributed by atoms with Crippen LogP contribution in [0.2, 0.25) is 0 Å². The highest BCUT2D eigenvalue weighted by atomic mass is 16.2. The van der Waals surface area contributed by atoms with Crippen molar-refractivity contribution >= 4 is 5.91 Å². The number of aryl methyl sites for hydroxylation is 2. The molecular weight excluding hydrogens is 304 g/mol. The normalized spacial score (nSPS) is 19.0. The number of piperazine rings is 1. The summed E-state index contributed by atoms with van der Waals surface area (Å²) in [5.41, 5.74) is 1.65. The molecule has 1 atom stereocenters. The Morgan fingerprint density at radius 1 is 1.38 bits per heavy atom. The summed E-state index contributed by atoms with van der Waals surface area (Å²) in [6.07, 6.45) is 7.27. The Hall–Kier alpha value is -2.15. The average Bonchev–Trinajstić information content (AvgIpc) is 3.23. The van der Waals surface area contributed by atoms with Gasteiger partial charge in [0.05, 0.1) is 17.8 Å². The van der Waals surface area contributed by atoms with Crippen molar-refractivity contribution in [3.05, 3.63) is 35.7 Å². The highest BCUT2D eigenvalue weighted by Crippen LogP contribution is 2.25. The second-order valence-corrected chi connectivity index (χ2v) is 6.30. The van der Waals surface area contributed by atoms with E-state index in [4.69, 9.17) is 0 Å². The first-order chi connectivity index (χ1) is 11.7. The van der Waals surface area contributed by atoms with Gasteiger partial charge in [-0.2, -0.15) is 5.10 Å². The van der Waals surface area contributed by atoms with Crippen molar-refractivity contribution in [1.82, 2.24) is 29.5 Å². The minimum atomic E-state index is 0.0714. The fourth-order valence-corrected chi connectivity index (χ4v) is 3.43. The van der Waals surface area contributed by atoms with Crippen molar-refractivity contribution in [2.75, 3.05) is 26.2 Å². The summed E-state index contributed by atoms with van der Waals surface area (Å²) in [5, 5.41) is 7.04. The first-order valence-corrected chi connectivity index (χ1v) is 8.68. The number of hydrogen-bond donors (Lipinski definition) is 1. The zero-order valence-electron chi connectivity index (χ0n) is 14.7. The number of H-pyrrole nitrogens is 1. The Labute approximate surface area is 142 Å². The fraction of sp³-hybridized carbons (Fsp3) is 0.588. The van der Waals surface area contributed by atoms with Gasteiger partial charge in [0.1, 0.15) is 5.82 Å². The first kappa shape index (κ1) is 16.7. The standard InChI is InChI=1S/C17H26N6O/c1-4-6-14-13(11-19-20-14)17(24)23-10-9-22(5-2)15(12-23)16-18-7-8-21(16)3/h7-8,11,15H,4-6,9-10,12H2,1-3H3,(H,19,20). The van der Waals surface area contributed by atoms with Gasteiger partial charge < -0.3 is 9.47 Å². The maximum Gasteiger partial charge on any atom is 0.257 e. The molecule has 0 bridgehead atoms. The van der Waals surface area contributed by atoms with Gasteiger partial charge in [-0.25, -0.2) is 4.98 Å². The molecule has 1 aliphatic rings. The lowest BCUT2D eigenvalue weighted by molar-refractivity contribution is 0.0472. The van der Waals surface area contributed by atoms with Gasteiger partial charge in [-0.3, -0.25) is 14.8 Å². The van der Waals surface area contributed by atoms with Crippen LogP contribution in [0, 0.1) is 0 Å². The van der Waals surface area contributed by atoms with E-state index in [0.29, 0.717) is 12.1 Å². The van der Waals surface area contributed by atoms with Crippen molar-refractivity contribution in [3.63, 3.8) is 0 Å². The highest BCUT2D eigenvalue weighted by Gasteiger charge is 2.33. The Kier molecular flexibility index (Phi) is 4.99. The van der Waals surface area contributed by atoms with Gasteiger partial charge in [-0.15, -0.1) is 0 Å². The van der Waals surface area contributed by atoms with Crippen LogP contribution in [0.5, 0.6) is 0 Å². The van der Waals surface area contributed by atoms with Crippen LogP contribution in [-0.4, -0.2) is 61.6 Å². The van der Waals surface area contributed by atoms with Gasteiger partial charge in [0, 0.05) is 44.8 Å². The van der Waals surface area contributed by atoms with Gasteiger partial charge in [0.25, 0.3) is 5.91 Å². The molecule has 0 saturated carbocycles. The van der Waals surface area contributed by atoms with Crippen LogP contribution in [0.15, 0.2) is 18.6 Å². The summed E-state index contributed by atoms with van der Waals surface area (Å²) < 4.78 is 2.04. The van der Waals surface area contributed by atoms with Crippen LogP contribution in [-0.2, 0) is 13.5 Å². The molecule has 3 rings (SSSR count). The minimum Gasteiger partial charge on any atom is -0.337 e. The van der Waals surface area contributed by atoms with E-state index in [1.54, 1.807) is 6.20 Å². The van der Waals surface area contributed by atoms with E-state index in [2.05, 4.69) is 33.9 Å². The molecule has 1 unspecified atom stereocenters. The Morgan fingerprint density at radius 2 is 2.21 bits per heavy atom. The number of carbonyl (C=O) groups excluding carboxylic acids is 1. The second-order valence-electron chi connectivity index (χ2n) is 6.30. The molecule has 24 heavy (non-hydrogen) atoms. The molecule has 1 aliphatic heterocycles. The van der Waals surface area contributed by atoms with Crippen LogP contribution in [0.1, 0.15) is 48.2 Å². The maximum atomic E-state index is 13.0. The molecule has 1 N–H and O–H groups in total. The quantitative estimate of drug-likeness (QED) is 0.904. The molecule has 2 aromatic heterocycles. The first-order valence-electron chi connectivity index (χ1n) is 8.68. The third-order valence-corrected chi connectivity index (χ3v) is 4.79. The van der Waals surface area contributed by atoms with Crippen molar-refractivity contribution in [2.24, 2.45) is 7.05 Å². The number of likely N-dealkylation sites (N-methyl/N-ethyl adjacent to an activating group) is 1. The predicted molar refractivity (Wildman–Crippen MR) is 91.7 cm³/mol. The lowest BCUT2D eigenvalue weighted by atomic mass is 10.1. The molecule has 1 amide bonds. The summed E-state index contributed by atoms with van der Waals surface area (Å²) in [7, 11) is 2.01. The molecule has 1 fully saturated rings. The lowest BCUT2D eigenvalue weighted by Crippen LogP contribution is -2.51. The molecule has 130 valence electrons. The molecule has 3 heterocycles. The van der Waals surface area contributed by atoms with E-state index in [-0.39, 0.29) is 11.9 Å². The Morgan fingerprint density at radius 3 is 2.88 bits per heavy atom. The van der Waals surface area contributed by atoms with Gasteiger partial charge in [-0.1, -0.05) is 20.3 Å². The van der Waals surface area contributed by atoms with Crippen molar-refractivity contribution in [2.45, 2.75) is 32.7 Å². The zero-order valence-corrected chi connectivity index (χ0v) is 14.7. The fourth-order valence-electron chi connectivity index (χ4n) is 3.43. The SMILES string of the molecule is CCCc1[nH]ncc1C(=O)N1CCN(CC)C(c2nccn2C)C1. The monoisotopic (exact) mass is 330 g/mol. The summed E-state index contributed by atoms with van der Waals surface area (Å²) in [6.45, 7) is 7.47. The third kappa shape index (κ3) is 3.08. The molecular formula is C17H26N6O. The van der Waals surface area contributed by atoms with E-state index < -0.39 is 0 Å². The van der Waals surface area contributed by atoms with E-state index in [1.165, 1.54) is 0 Å². The molecule has 7 nitrogen and oxygen atoms in total. The van der Waals surface area contributed by atoms with Crippen LogP contribution < -0.4 is 0 Å². The van der Waals surface area contributed by atoms with Crippen molar-refractivity contribution in [1.29, 1.82) is 0 Å². The molecule has 7 heteroatoms. The number of aromatic nitrogens is 4. The number of amides is 1. The van der Waals surface area contributed by atoms with E-state index in [0.717, 1.165) is 44.0 Å². The smallest absolute Gasteiger partial charge is 0.257 e. The Balaban J connectivity index is 1.81. The van der Waals surface area contributed by atoms with Crippen molar-refractivity contribution < 1.29 is 4.79 Å². The number of aromatic amines is 1. The largest absolute Gasteiger partial charge is 0.337 e. The van der Waals surface area contributed by atoms with Crippen LogP contribution in [0.25, 0.3) is 0 Å². The van der Waals surface area contributed by atoms with Crippen molar-refractivity contribution in [3.8, 4) is 0 Å². The zero-order chi connectivity index (χ0) is 17.1. The number of rotatable bonds is 5. The third-order valence-electron chi connectivity index (χ3n) is 4.79. The number of hydrogen-bond acceptors (Lipinski definition) is 4. The van der Waals surface area contributed by atoms with E-state index in [9.17, 15) is 4.79 Å². The molecule has 0 aliphatic carbocycles. The molecule has 1 saturated heterocycles. The Bertz CT molecular complexity index is 691. The number of carbonyl (C=O) groups is 1. The van der Waals surface area contributed by atoms with E-state index in [1.807, 2.05) is 28.9 Å². The average molecular weight is 330 g/mol. The molecule has 0 radical (unpaired) electrons. The van der Waals surface area contributed by atoms with Gasteiger partial charge >= 0.3 is 0 Å². The van der Waals surface area contributed by atoms with Gasteiger partial charge in [-0.05, 0) is 13.0 Å². The van der Waals surface area contributed by atoms with E-state index >= 15 is 0 Å². The maximum absolute atomic E-state index is 13.0. The molecule has 0 spiro atoms. The highest BCUT2D eigenvalue weighted by molar-refractivity contribution is 5.95. The summed E-state index contributed by atoms with van der Waals surface area (Å²) in [6, 6.07) is 0.134. The van der Waals surface area contributed by atoms with Gasteiger partial charge in [0.2, 0.25) is 0 Å². The minimum absolute atomic E-state index is 0.0714.